The zero-order valence-electron chi connectivity index (χ0n) is 21.6. The second-order valence-corrected chi connectivity index (χ2v) is 10.5. The minimum atomic E-state index is -2.62. The summed E-state index contributed by atoms with van der Waals surface area (Å²) in [4.78, 5) is 4.49. The molecule has 0 bridgehead atoms. The fourth-order valence-electron chi connectivity index (χ4n) is 5.76. The molecule has 2 aliphatic rings. The van der Waals surface area contributed by atoms with Crippen molar-refractivity contribution in [3.8, 4) is 0 Å². The first-order valence-electron chi connectivity index (χ1n) is 13.3. The molecular weight excluding hydrogens is 553 g/mol. The van der Waals surface area contributed by atoms with Gasteiger partial charge in [-0.05, 0) is 32.6 Å². The van der Waals surface area contributed by atoms with E-state index >= 15 is 17.6 Å². The van der Waals surface area contributed by atoms with E-state index < -0.39 is 93.5 Å². The van der Waals surface area contributed by atoms with E-state index in [-0.39, 0.29) is 6.04 Å². The first-order valence-corrected chi connectivity index (χ1v) is 13.3. The summed E-state index contributed by atoms with van der Waals surface area (Å²) >= 11 is 0. The molecule has 1 N–H and O–H groups in total. The number of rotatable bonds is 7. The molecule has 0 aromatic heterocycles. The number of aliphatic imine (C=N–C) groups is 1. The fourth-order valence-corrected chi connectivity index (χ4v) is 5.76. The molecule has 218 valence electrons. The Bertz CT molecular complexity index is 1160. The van der Waals surface area contributed by atoms with E-state index in [9.17, 15) is 26.3 Å². The monoisotopic (exact) mass is 580 g/mol. The van der Waals surface area contributed by atoms with Crippen molar-refractivity contribution in [2.24, 2.45) is 4.99 Å². The van der Waals surface area contributed by atoms with Crippen LogP contribution in [0.1, 0.15) is 71.1 Å². The predicted octanol–water partition coefficient (Wildman–Crippen LogP) is 6.31. The Labute approximate surface area is 225 Å². The Kier molecular flexibility index (Phi) is 9.52. The zero-order chi connectivity index (χ0) is 29.3. The molecule has 40 heavy (non-hydrogen) atoms. The van der Waals surface area contributed by atoms with Gasteiger partial charge in [0.1, 0.15) is 0 Å². The van der Waals surface area contributed by atoms with Crippen LogP contribution < -0.4 is 16.2 Å². The Hall–Kier alpha value is -2.57. The van der Waals surface area contributed by atoms with Crippen LogP contribution in [0.25, 0.3) is 0 Å². The first kappa shape index (κ1) is 30.4. The summed E-state index contributed by atoms with van der Waals surface area (Å²) in [5, 5.41) is 3.14. The highest BCUT2D eigenvalue weighted by molar-refractivity contribution is 7.09. The number of halogens is 10. The van der Waals surface area contributed by atoms with Crippen LogP contribution in [0.5, 0.6) is 0 Å². The van der Waals surface area contributed by atoms with Gasteiger partial charge in [0, 0.05) is 34.7 Å². The van der Waals surface area contributed by atoms with Gasteiger partial charge in [-0.1, -0.05) is 38.5 Å². The van der Waals surface area contributed by atoms with Gasteiger partial charge in [-0.3, -0.25) is 4.99 Å². The van der Waals surface area contributed by atoms with Crippen molar-refractivity contribution in [3.63, 3.8) is 0 Å². The lowest BCUT2D eigenvalue weighted by atomic mass is 9.35. The third-order valence-electron chi connectivity index (χ3n) is 7.80. The molecule has 1 atom stereocenters. The first-order chi connectivity index (χ1) is 19.0. The zero-order valence-corrected chi connectivity index (χ0v) is 21.6. The van der Waals surface area contributed by atoms with E-state index in [4.69, 9.17) is 0 Å². The van der Waals surface area contributed by atoms with Crippen molar-refractivity contribution in [1.82, 2.24) is 5.32 Å². The smallest absolute Gasteiger partial charge is 0.276 e. The summed E-state index contributed by atoms with van der Waals surface area (Å²) in [7, 11) is 0. The highest BCUT2D eigenvalue weighted by Crippen LogP contribution is 2.25. The van der Waals surface area contributed by atoms with Gasteiger partial charge in [0.15, 0.2) is 58.2 Å². The van der Waals surface area contributed by atoms with Crippen LogP contribution >= 0.6 is 0 Å². The highest BCUT2D eigenvalue weighted by Gasteiger charge is 2.44. The lowest BCUT2D eigenvalue weighted by Crippen LogP contribution is -2.61. The number of nitrogens with zero attached hydrogens (tertiary/aromatic N) is 1. The van der Waals surface area contributed by atoms with Gasteiger partial charge < -0.3 is 5.32 Å². The van der Waals surface area contributed by atoms with Gasteiger partial charge in [-0.2, -0.15) is 0 Å². The number of benzene rings is 2. The van der Waals surface area contributed by atoms with E-state index in [0.717, 1.165) is 25.7 Å². The van der Waals surface area contributed by atoms with Crippen molar-refractivity contribution < 1.29 is 43.9 Å². The molecule has 0 heterocycles. The summed E-state index contributed by atoms with van der Waals surface area (Å²) < 4.78 is 146. The van der Waals surface area contributed by atoms with Crippen LogP contribution in [0.4, 0.5) is 43.9 Å². The van der Waals surface area contributed by atoms with Gasteiger partial charge >= 0.3 is 0 Å². The van der Waals surface area contributed by atoms with E-state index in [1.165, 1.54) is 6.92 Å². The van der Waals surface area contributed by atoms with Gasteiger partial charge in [-0.15, -0.1) is 0 Å². The lowest BCUT2D eigenvalue weighted by Gasteiger charge is -2.32. The maximum Gasteiger partial charge on any atom is 0.276 e. The van der Waals surface area contributed by atoms with Crippen molar-refractivity contribution in [2.75, 3.05) is 0 Å². The normalized spacial score (nSPS) is 18.3. The molecule has 2 saturated carbocycles. The minimum absolute atomic E-state index is 0.186. The maximum absolute atomic E-state index is 15.2. The Morgan fingerprint density at radius 1 is 0.575 bits per heavy atom. The Morgan fingerprint density at radius 2 is 0.925 bits per heavy atom. The summed E-state index contributed by atoms with van der Waals surface area (Å²) in [6.07, 6.45) is 7.04. The SMILES string of the molecule is CC(NC1CCCCC1)C(=NC1CCCCC1)B(c1c(F)c(F)c(F)c(F)c1F)c1c(F)c(F)c(F)c(F)c1F. The summed E-state index contributed by atoms with van der Waals surface area (Å²) in [6, 6.07) is -1.85. The predicted molar refractivity (Wildman–Crippen MR) is 131 cm³/mol. The molecular formula is C27H27BF10N2. The molecule has 1 unspecified atom stereocenters. The quantitative estimate of drug-likeness (QED) is 0.134. The van der Waals surface area contributed by atoms with E-state index in [1.54, 1.807) is 0 Å². The average Bonchev–Trinajstić information content (AvgIpc) is 2.96. The largest absolute Gasteiger partial charge is 0.307 e. The van der Waals surface area contributed by atoms with Crippen LogP contribution in [-0.4, -0.2) is 30.4 Å². The molecule has 4 rings (SSSR count). The molecule has 0 saturated heterocycles. The molecule has 2 fully saturated rings. The summed E-state index contributed by atoms with van der Waals surface area (Å²) in [5.41, 5.74) is -3.97. The summed E-state index contributed by atoms with van der Waals surface area (Å²) in [5.74, 6) is -24.6. The van der Waals surface area contributed by atoms with Gasteiger partial charge in [0.05, 0.1) is 0 Å². The average molecular weight is 580 g/mol. The number of hydrogen-bond acceptors (Lipinski definition) is 2. The molecule has 13 heteroatoms. The maximum atomic E-state index is 15.2. The van der Waals surface area contributed by atoms with E-state index in [0.29, 0.717) is 38.5 Å². The van der Waals surface area contributed by atoms with Gasteiger partial charge in [0.25, 0.3) is 6.71 Å². The third-order valence-corrected chi connectivity index (χ3v) is 7.80. The lowest BCUT2D eigenvalue weighted by molar-refractivity contribution is 0.366. The van der Waals surface area contributed by atoms with Crippen molar-refractivity contribution in [2.45, 2.75) is 89.3 Å². The van der Waals surface area contributed by atoms with Crippen LogP contribution in [-0.2, 0) is 0 Å². The minimum Gasteiger partial charge on any atom is -0.307 e. The number of nitrogens with one attached hydrogen (secondary N) is 1. The van der Waals surface area contributed by atoms with Crippen LogP contribution in [0, 0.1) is 58.2 Å². The molecule has 2 aromatic carbocycles. The van der Waals surface area contributed by atoms with Gasteiger partial charge in [0.2, 0.25) is 0 Å². The van der Waals surface area contributed by atoms with Crippen molar-refractivity contribution in [3.05, 3.63) is 58.2 Å². The van der Waals surface area contributed by atoms with Crippen LogP contribution in [0.3, 0.4) is 0 Å². The molecule has 0 aliphatic heterocycles. The molecule has 0 spiro atoms. The van der Waals surface area contributed by atoms with E-state index in [2.05, 4.69) is 10.3 Å². The van der Waals surface area contributed by atoms with Crippen molar-refractivity contribution in [1.29, 1.82) is 0 Å². The Morgan fingerprint density at radius 3 is 1.32 bits per heavy atom. The van der Waals surface area contributed by atoms with Crippen LogP contribution in [0.2, 0.25) is 0 Å². The van der Waals surface area contributed by atoms with Crippen molar-refractivity contribution >= 4 is 23.2 Å². The molecule has 0 radical (unpaired) electrons. The molecule has 2 aromatic rings. The molecule has 2 nitrogen and oxygen atoms in total. The van der Waals surface area contributed by atoms with E-state index in [1.807, 2.05) is 0 Å². The fraction of sp³-hybridized carbons (Fsp3) is 0.519. The Balaban J connectivity index is 2.03. The second kappa shape index (κ2) is 12.5. The number of hydrogen-bond donors (Lipinski definition) is 1. The highest BCUT2D eigenvalue weighted by atomic mass is 19.2. The molecule has 0 amide bonds. The van der Waals surface area contributed by atoms with Gasteiger partial charge in [-0.25, -0.2) is 43.9 Å². The van der Waals surface area contributed by atoms with Crippen LogP contribution in [0.15, 0.2) is 4.99 Å². The summed E-state index contributed by atoms with van der Waals surface area (Å²) in [6.45, 7) is -1.20. The second-order valence-electron chi connectivity index (χ2n) is 10.5. The third kappa shape index (κ3) is 5.76. The standard InChI is InChI=1S/C27H27BF10N2/c1-12(39-13-8-4-2-5-9-13)27(40-14-10-6-3-7-11-14)28(15-17(29)21(33)25(37)22(34)18(15)30)16-19(31)23(35)26(38)24(36)20(16)32/h12-14,39H,2-11H2,1H3. The molecule has 2 aliphatic carbocycles. The topological polar surface area (TPSA) is 24.4 Å².